The number of nitrogens with zero attached hydrogens (tertiary/aromatic N) is 1. The molecule has 7 heteroatoms. The summed E-state index contributed by atoms with van der Waals surface area (Å²) in [6, 6.07) is 10.1. The molecule has 5 nitrogen and oxygen atoms in total. The number of hydrogen-bond donors (Lipinski definition) is 2. The summed E-state index contributed by atoms with van der Waals surface area (Å²) in [5.41, 5.74) is 2.30. The second kappa shape index (κ2) is 9.79. The average Bonchev–Trinajstić information content (AvgIpc) is 3.13. The van der Waals surface area contributed by atoms with Gasteiger partial charge < -0.3 is 10.3 Å². The molecule has 1 aliphatic carbocycles. The summed E-state index contributed by atoms with van der Waals surface area (Å²) in [5, 5.41) is 3.93. The van der Waals surface area contributed by atoms with E-state index >= 15 is 0 Å². The van der Waals surface area contributed by atoms with Crippen molar-refractivity contribution in [2.75, 3.05) is 5.75 Å². The second-order valence-corrected chi connectivity index (χ2v) is 9.79. The Morgan fingerprint density at radius 1 is 1.27 bits per heavy atom. The first-order valence-electron chi connectivity index (χ1n) is 10.6. The number of rotatable bonds is 8. The standard InChI is InChI=1S/C23H27N3O2S2/c1-2-8-17(15-9-4-3-5-10-15)24-20(27)14-29-13-19-25-22(28)21-16-11-6-7-12-18(16)30-23(21)26-19/h3-5,9-10,17H,2,6-8,11-14H2,1H3,(H,24,27)(H,25,26,28)/t17-/m0/s1. The number of amides is 1. The molecule has 0 saturated carbocycles. The highest BCUT2D eigenvalue weighted by Gasteiger charge is 2.20. The van der Waals surface area contributed by atoms with Crippen LogP contribution in [0.4, 0.5) is 0 Å². The van der Waals surface area contributed by atoms with Crippen molar-refractivity contribution in [1.82, 2.24) is 15.3 Å². The van der Waals surface area contributed by atoms with E-state index in [-0.39, 0.29) is 17.5 Å². The Morgan fingerprint density at radius 2 is 2.07 bits per heavy atom. The SMILES string of the molecule is CCC[C@H](NC(=O)CSCc1nc2sc3c(c2c(=O)[nH]1)CCCC3)c1ccccc1. The lowest BCUT2D eigenvalue weighted by molar-refractivity contribution is -0.119. The number of carbonyl (C=O) groups is 1. The Labute approximate surface area is 184 Å². The topological polar surface area (TPSA) is 74.8 Å². The minimum absolute atomic E-state index is 0.0114. The third-order valence-electron chi connectivity index (χ3n) is 5.46. The van der Waals surface area contributed by atoms with Crippen molar-refractivity contribution >= 4 is 39.2 Å². The first kappa shape index (κ1) is 21.1. The highest BCUT2D eigenvalue weighted by atomic mass is 32.2. The molecule has 0 fully saturated rings. The molecule has 0 bridgehead atoms. The molecule has 3 aromatic rings. The van der Waals surface area contributed by atoms with Gasteiger partial charge in [0.2, 0.25) is 5.91 Å². The number of carbonyl (C=O) groups excluding carboxylic acids is 1. The summed E-state index contributed by atoms with van der Waals surface area (Å²) in [7, 11) is 0. The third-order valence-corrected chi connectivity index (χ3v) is 7.59. The van der Waals surface area contributed by atoms with Crippen LogP contribution < -0.4 is 10.9 Å². The van der Waals surface area contributed by atoms with Gasteiger partial charge in [-0.25, -0.2) is 4.98 Å². The molecule has 2 heterocycles. The molecule has 1 amide bonds. The molecule has 1 aliphatic rings. The Morgan fingerprint density at radius 3 is 2.87 bits per heavy atom. The van der Waals surface area contributed by atoms with Gasteiger partial charge in [0.05, 0.1) is 22.9 Å². The molecule has 2 N–H and O–H groups in total. The zero-order valence-corrected chi connectivity index (χ0v) is 18.8. The molecular formula is C23H27N3O2S2. The number of H-pyrrole nitrogens is 1. The maximum Gasteiger partial charge on any atom is 0.259 e. The van der Waals surface area contributed by atoms with Crippen molar-refractivity contribution in [2.24, 2.45) is 0 Å². The van der Waals surface area contributed by atoms with Crippen LogP contribution in [0.5, 0.6) is 0 Å². The van der Waals surface area contributed by atoms with Crippen molar-refractivity contribution in [2.45, 2.75) is 57.2 Å². The third kappa shape index (κ3) is 4.78. The molecule has 1 atom stereocenters. The number of hydrogen-bond acceptors (Lipinski definition) is 5. The number of aryl methyl sites for hydroxylation is 2. The molecule has 0 unspecified atom stereocenters. The zero-order valence-electron chi connectivity index (χ0n) is 17.2. The highest BCUT2D eigenvalue weighted by molar-refractivity contribution is 7.99. The molecule has 1 aromatic carbocycles. The smallest absolute Gasteiger partial charge is 0.259 e. The van der Waals surface area contributed by atoms with Crippen LogP contribution in [0, 0.1) is 0 Å². The fourth-order valence-corrected chi connectivity index (χ4v) is 6.03. The Balaban J connectivity index is 1.37. The number of aromatic amines is 1. The normalized spacial score (nSPS) is 14.4. The van der Waals surface area contributed by atoms with Crippen molar-refractivity contribution in [3.63, 3.8) is 0 Å². The van der Waals surface area contributed by atoms with Gasteiger partial charge in [0.15, 0.2) is 0 Å². The minimum Gasteiger partial charge on any atom is -0.349 e. The maximum atomic E-state index is 12.6. The molecule has 4 rings (SSSR count). The van der Waals surface area contributed by atoms with Gasteiger partial charge in [-0.05, 0) is 43.2 Å². The molecule has 158 valence electrons. The molecule has 0 saturated heterocycles. The van der Waals surface area contributed by atoms with Crippen molar-refractivity contribution in [3.05, 3.63) is 62.5 Å². The average molecular weight is 442 g/mol. The molecule has 0 aliphatic heterocycles. The van der Waals surface area contributed by atoms with Crippen molar-refractivity contribution in [1.29, 1.82) is 0 Å². The van der Waals surface area contributed by atoms with Gasteiger partial charge in [-0.15, -0.1) is 23.1 Å². The Kier molecular flexibility index (Phi) is 6.89. The quantitative estimate of drug-likeness (QED) is 0.529. The van der Waals surface area contributed by atoms with E-state index in [0.29, 0.717) is 17.3 Å². The van der Waals surface area contributed by atoms with Crippen LogP contribution in [-0.2, 0) is 23.4 Å². The molecule has 2 aromatic heterocycles. The van der Waals surface area contributed by atoms with E-state index in [0.717, 1.165) is 47.9 Å². The minimum atomic E-state index is -0.0356. The first-order valence-corrected chi connectivity index (χ1v) is 12.6. The number of fused-ring (bicyclic) bond motifs is 3. The van der Waals surface area contributed by atoms with Crippen LogP contribution in [-0.4, -0.2) is 21.6 Å². The van der Waals surface area contributed by atoms with Crippen molar-refractivity contribution in [3.8, 4) is 0 Å². The van der Waals surface area contributed by atoms with Crippen LogP contribution in [0.1, 0.15) is 60.5 Å². The van der Waals surface area contributed by atoms with E-state index < -0.39 is 0 Å². The highest BCUT2D eigenvalue weighted by Crippen LogP contribution is 2.33. The van der Waals surface area contributed by atoms with Gasteiger partial charge in [-0.2, -0.15) is 0 Å². The molecule has 0 radical (unpaired) electrons. The zero-order chi connectivity index (χ0) is 20.9. The number of benzene rings is 1. The van der Waals surface area contributed by atoms with E-state index in [2.05, 4.69) is 34.3 Å². The summed E-state index contributed by atoms with van der Waals surface area (Å²) in [6.45, 7) is 2.12. The summed E-state index contributed by atoms with van der Waals surface area (Å²) < 4.78 is 0. The van der Waals surface area contributed by atoms with Gasteiger partial charge in [-0.1, -0.05) is 43.7 Å². The lowest BCUT2D eigenvalue weighted by Gasteiger charge is -2.18. The fourth-order valence-electron chi connectivity index (χ4n) is 4.05. The summed E-state index contributed by atoms with van der Waals surface area (Å²) in [5.74, 6) is 1.52. The lowest BCUT2D eigenvalue weighted by atomic mass is 9.97. The Hall–Kier alpha value is -2.12. The van der Waals surface area contributed by atoms with Crippen LogP contribution in [0.15, 0.2) is 35.1 Å². The predicted octanol–water partition coefficient (Wildman–Crippen LogP) is 4.75. The summed E-state index contributed by atoms with van der Waals surface area (Å²) >= 11 is 3.14. The van der Waals surface area contributed by atoms with Gasteiger partial charge >= 0.3 is 0 Å². The van der Waals surface area contributed by atoms with E-state index in [4.69, 9.17) is 0 Å². The monoisotopic (exact) mass is 441 g/mol. The van der Waals surface area contributed by atoms with E-state index in [1.54, 1.807) is 11.3 Å². The van der Waals surface area contributed by atoms with E-state index in [1.165, 1.54) is 28.6 Å². The summed E-state index contributed by atoms with van der Waals surface area (Å²) in [6.07, 6.45) is 6.29. The number of thioether (sulfide) groups is 1. The summed E-state index contributed by atoms with van der Waals surface area (Å²) in [4.78, 5) is 34.9. The van der Waals surface area contributed by atoms with Crippen LogP contribution in [0.25, 0.3) is 10.2 Å². The second-order valence-electron chi connectivity index (χ2n) is 7.72. The molecule has 0 spiro atoms. The number of thiophene rings is 1. The Bertz CT molecular complexity index is 1080. The predicted molar refractivity (Wildman–Crippen MR) is 125 cm³/mol. The van der Waals surface area contributed by atoms with Crippen LogP contribution in [0.3, 0.4) is 0 Å². The first-order chi connectivity index (χ1) is 14.7. The largest absolute Gasteiger partial charge is 0.349 e. The van der Waals surface area contributed by atoms with Crippen molar-refractivity contribution < 1.29 is 4.79 Å². The molecule has 30 heavy (non-hydrogen) atoms. The van der Waals surface area contributed by atoms with Crippen LogP contribution >= 0.6 is 23.1 Å². The van der Waals surface area contributed by atoms with Gasteiger partial charge in [0.1, 0.15) is 10.7 Å². The van der Waals surface area contributed by atoms with Crippen LogP contribution in [0.2, 0.25) is 0 Å². The number of nitrogens with one attached hydrogen (secondary N) is 2. The number of aromatic nitrogens is 2. The van der Waals surface area contributed by atoms with Gasteiger partial charge in [-0.3, -0.25) is 9.59 Å². The van der Waals surface area contributed by atoms with E-state index in [1.807, 2.05) is 18.2 Å². The molecular weight excluding hydrogens is 414 g/mol. The van der Waals surface area contributed by atoms with Gasteiger partial charge in [0.25, 0.3) is 5.56 Å². The van der Waals surface area contributed by atoms with E-state index in [9.17, 15) is 9.59 Å². The fraction of sp³-hybridized carbons (Fsp3) is 0.435. The maximum absolute atomic E-state index is 12.6. The lowest BCUT2D eigenvalue weighted by Crippen LogP contribution is -2.30. The van der Waals surface area contributed by atoms with Gasteiger partial charge in [0, 0.05) is 4.88 Å².